The number of rotatable bonds is 13. The van der Waals surface area contributed by atoms with Crippen molar-refractivity contribution in [2.24, 2.45) is 17.3 Å². The Morgan fingerprint density at radius 1 is 1.16 bits per heavy atom. The highest BCUT2D eigenvalue weighted by atomic mass is 16.6. The van der Waals surface area contributed by atoms with E-state index < -0.39 is 40.6 Å². The summed E-state index contributed by atoms with van der Waals surface area (Å²) in [6.07, 6.45) is 7.08. The minimum absolute atomic E-state index is 0.0324. The summed E-state index contributed by atoms with van der Waals surface area (Å²) in [6.45, 7) is 20.8. The largest absolute Gasteiger partial charge is 0.461 e. The van der Waals surface area contributed by atoms with Crippen LogP contribution in [0.5, 0.6) is 0 Å². The first-order valence-electron chi connectivity index (χ1n) is 14.0. The lowest BCUT2D eigenvalue weighted by Gasteiger charge is -2.45. The molecule has 3 saturated heterocycles. The molecule has 38 heavy (non-hydrogen) atoms. The number of hydrogen-bond acceptors (Lipinski definition) is 6. The van der Waals surface area contributed by atoms with Gasteiger partial charge in [0.1, 0.15) is 24.2 Å². The van der Waals surface area contributed by atoms with Crippen LogP contribution in [0.25, 0.3) is 0 Å². The van der Waals surface area contributed by atoms with Crippen LogP contribution in [-0.4, -0.2) is 81.8 Å². The molecule has 0 aromatic carbocycles. The van der Waals surface area contributed by atoms with Crippen LogP contribution in [0.2, 0.25) is 0 Å². The van der Waals surface area contributed by atoms with E-state index in [-0.39, 0.29) is 30.4 Å². The number of amides is 2. The molecule has 214 valence electrons. The molecule has 8 heteroatoms. The van der Waals surface area contributed by atoms with Gasteiger partial charge in [0.15, 0.2) is 0 Å². The molecule has 8 nitrogen and oxygen atoms in total. The molecular weight excluding hydrogens is 484 g/mol. The molecule has 0 saturated carbocycles. The molecule has 2 unspecified atom stereocenters. The highest BCUT2D eigenvalue weighted by Gasteiger charge is 2.78. The third-order valence-electron chi connectivity index (χ3n) is 8.44. The van der Waals surface area contributed by atoms with E-state index in [0.717, 1.165) is 12.8 Å². The molecular formula is C30H48N2O6. The van der Waals surface area contributed by atoms with Crippen molar-refractivity contribution in [3.8, 4) is 0 Å². The molecule has 5 atom stereocenters. The van der Waals surface area contributed by atoms with Gasteiger partial charge < -0.3 is 24.4 Å². The molecule has 0 aromatic rings. The topological polar surface area (TPSA) is 96.4 Å². The molecule has 3 aliphatic rings. The van der Waals surface area contributed by atoms with Crippen molar-refractivity contribution in [1.82, 2.24) is 9.80 Å². The second-order valence-corrected chi connectivity index (χ2v) is 13.2. The van der Waals surface area contributed by atoms with Crippen LogP contribution >= 0.6 is 0 Å². The maximum absolute atomic E-state index is 14.6. The molecule has 3 aliphatic heterocycles. The first-order chi connectivity index (χ1) is 17.7. The van der Waals surface area contributed by atoms with E-state index in [2.05, 4.69) is 47.8 Å². The highest BCUT2D eigenvalue weighted by molar-refractivity contribution is 5.98. The van der Waals surface area contributed by atoms with Crippen LogP contribution in [0.4, 0.5) is 0 Å². The van der Waals surface area contributed by atoms with E-state index in [1.807, 2.05) is 11.8 Å². The quantitative estimate of drug-likeness (QED) is 0.220. The van der Waals surface area contributed by atoms with Gasteiger partial charge in [-0.15, -0.1) is 6.58 Å². The van der Waals surface area contributed by atoms with Gasteiger partial charge in [0.05, 0.1) is 11.5 Å². The average Bonchev–Trinajstić information content (AvgIpc) is 3.37. The molecule has 2 amide bonds. The van der Waals surface area contributed by atoms with Crippen molar-refractivity contribution in [2.45, 2.75) is 103 Å². The summed E-state index contributed by atoms with van der Waals surface area (Å²) in [5.41, 5.74) is -2.50. The summed E-state index contributed by atoms with van der Waals surface area (Å²) in [4.78, 5) is 45.5. The highest BCUT2D eigenvalue weighted by Crippen LogP contribution is 2.63. The van der Waals surface area contributed by atoms with E-state index in [1.165, 1.54) is 6.08 Å². The summed E-state index contributed by atoms with van der Waals surface area (Å²) in [7, 11) is 0. The van der Waals surface area contributed by atoms with Gasteiger partial charge in [-0.1, -0.05) is 39.5 Å². The van der Waals surface area contributed by atoms with E-state index in [1.54, 1.807) is 11.0 Å². The van der Waals surface area contributed by atoms with Crippen LogP contribution < -0.4 is 0 Å². The molecule has 3 heterocycles. The predicted molar refractivity (Wildman–Crippen MR) is 146 cm³/mol. The number of aliphatic hydroxyl groups excluding tert-OH is 1. The number of nitrogens with zero attached hydrogens (tertiary/aromatic N) is 2. The molecule has 0 radical (unpaired) electrons. The smallest absolute Gasteiger partial charge is 0.313 e. The van der Waals surface area contributed by atoms with Crippen molar-refractivity contribution >= 4 is 17.8 Å². The van der Waals surface area contributed by atoms with Crippen LogP contribution in [0.15, 0.2) is 25.3 Å². The lowest BCUT2D eigenvalue weighted by molar-refractivity contribution is -0.160. The standard InChI is InChI=1S/C30H48N2O6/c1-9-16-32(28(6,7)20-27(3,4)5)25(35)23-30-15-14-29(8,38-30)22(26(36)37-19-10-2)21(30)24(34)31(23)17-12-11-13-18-33/h9-10,21-23,33H,1-2,11-20H2,3-8H3/t21-,22-,23?,29+,30?/m0/s1. The molecule has 1 spiro atoms. The summed E-state index contributed by atoms with van der Waals surface area (Å²) in [6, 6.07) is -0.840. The number of esters is 1. The number of ether oxygens (including phenoxy) is 2. The van der Waals surface area contributed by atoms with Crippen molar-refractivity contribution in [1.29, 1.82) is 0 Å². The van der Waals surface area contributed by atoms with Gasteiger partial charge >= 0.3 is 5.97 Å². The van der Waals surface area contributed by atoms with Gasteiger partial charge in [-0.25, -0.2) is 0 Å². The summed E-state index contributed by atoms with van der Waals surface area (Å²) < 4.78 is 12.1. The Balaban J connectivity index is 2.06. The normalized spacial score (nSPS) is 30.3. The van der Waals surface area contributed by atoms with Crippen LogP contribution in [0.3, 0.4) is 0 Å². The summed E-state index contributed by atoms with van der Waals surface area (Å²) in [5.74, 6) is -2.42. The Kier molecular flexibility index (Phi) is 8.89. The van der Waals surface area contributed by atoms with Crippen molar-refractivity contribution < 1.29 is 29.0 Å². The predicted octanol–water partition coefficient (Wildman–Crippen LogP) is 3.87. The number of carbonyl (C=O) groups is 3. The Labute approximate surface area is 228 Å². The number of unbranched alkanes of at least 4 members (excludes halogenated alkanes) is 2. The van der Waals surface area contributed by atoms with Gasteiger partial charge in [-0.05, 0) is 64.7 Å². The second-order valence-electron chi connectivity index (χ2n) is 13.2. The monoisotopic (exact) mass is 532 g/mol. The number of hydrogen-bond donors (Lipinski definition) is 1. The van der Waals surface area contributed by atoms with E-state index in [4.69, 9.17) is 9.47 Å². The Morgan fingerprint density at radius 2 is 1.84 bits per heavy atom. The maximum atomic E-state index is 14.6. The third kappa shape index (κ3) is 5.44. The van der Waals surface area contributed by atoms with Crippen molar-refractivity contribution in [2.75, 3.05) is 26.3 Å². The third-order valence-corrected chi connectivity index (χ3v) is 8.44. The van der Waals surface area contributed by atoms with E-state index in [9.17, 15) is 19.5 Å². The zero-order valence-electron chi connectivity index (χ0n) is 24.3. The lowest BCUT2D eigenvalue weighted by Crippen LogP contribution is -2.61. The van der Waals surface area contributed by atoms with Gasteiger partial charge in [-0.2, -0.15) is 0 Å². The molecule has 1 N–H and O–H groups in total. The van der Waals surface area contributed by atoms with Gasteiger partial charge in [0.25, 0.3) is 0 Å². The zero-order valence-corrected chi connectivity index (χ0v) is 24.3. The number of carbonyl (C=O) groups excluding carboxylic acids is 3. The molecule has 3 fully saturated rings. The summed E-state index contributed by atoms with van der Waals surface area (Å²) in [5, 5.41) is 9.25. The maximum Gasteiger partial charge on any atom is 0.313 e. The second kappa shape index (κ2) is 11.1. The van der Waals surface area contributed by atoms with Crippen LogP contribution in [0.1, 0.15) is 80.1 Å². The average molecular weight is 533 g/mol. The first kappa shape index (κ1) is 30.4. The van der Waals surface area contributed by atoms with Crippen LogP contribution in [-0.2, 0) is 23.9 Å². The van der Waals surface area contributed by atoms with Gasteiger partial charge in [-0.3, -0.25) is 14.4 Å². The fraction of sp³-hybridized carbons (Fsp3) is 0.767. The lowest BCUT2D eigenvalue weighted by atomic mass is 9.66. The first-order valence-corrected chi connectivity index (χ1v) is 14.0. The summed E-state index contributed by atoms with van der Waals surface area (Å²) >= 11 is 0. The minimum atomic E-state index is -1.09. The zero-order chi connectivity index (χ0) is 28.5. The SMILES string of the molecule is C=CCOC(=O)[C@@H]1[C@H]2C(=O)N(CCCCCO)C(C(=O)N(CC=C)C(C)(C)CC(C)(C)C)C23CC[C@@]1(C)O3. The fourth-order valence-electron chi connectivity index (χ4n) is 7.41. The molecule has 0 aromatic heterocycles. The van der Waals surface area contributed by atoms with E-state index >= 15 is 0 Å². The molecule has 3 rings (SSSR count). The van der Waals surface area contributed by atoms with E-state index in [0.29, 0.717) is 38.8 Å². The Hall–Kier alpha value is -2.19. The number of fused-ring (bicyclic) bond motifs is 1. The van der Waals surface area contributed by atoms with Crippen LogP contribution in [0, 0.1) is 17.3 Å². The van der Waals surface area contributed by atoms with Crippen molar-refractivity contribution in [3.05, 3.63) is 25.3 Å². The Morgan fingerprint density at radius 3 is 2.42 bits per heavy atom. The molecule has 0 aliphatic carbocycles. The number of likely N-dealkylation sites (tertiary alicyclic amines) is 1. The van der Waals surface area contributed by atoms with Gasteiger partial charge in [0, 0.05) is 25.2 Å². The van der Waals surface area contributed by atoms with Crippen molar-refractivity contribution in [3.63, 3.8) is 0 Å². The number of aliphatic hydroxyl groups is 1. The minimum Gasteiger partial charge on any atom is -0.461 e. The van der Waals surface area contributed by atoms with Gasteiger partial charge in [0.2, 0.25) is 11.8 Å². The molecule has 2 bridgehead atoms. The fourth-order valence-corrected chi connectivity index (χ4v) is 7.41. The Bertz CT molecular complexity index is 940.